The summed E-state index contributed by atoms with van der Waals surface area (Å²) in [5, 5.41) is 0. The Morgan fingerprint density at radius 2 is 2.16 bits per heavy atom. The zero-order valence-electron chi connectivity index (χ0n) is 10.3. The van der Waals surface area contributed by atoms with Crippen molar-refractivity contribution in [2.75, 3.05) is 6.61 Å². The van der Waals surface area contributed by atoms with E-state index in [1.165, 1.54) is 19.2 Å². The SMILES string of the molecule is CCOC(=O)c1c(C)nc2c(C(F)(F)F)cccn12. The molecule has 2 heterocycles. The van der Waals surface area contributed by atoms with E-state index in [1.807, 2.05) is 0 Å². The number of aryl methyl sites for hydroxylation is 1. The predicted molar refractivity (Wildman–Crippen MR) is 60.9 cm³/mol. The second kappa shape index (κ2) is 4.56. The summed E-state index contributed by atoms with van der Waals surface area (Å²) in [6, 6.07) is 2.15. The van der Waals surface area contributed by atoms with Gasteiger partial charge in [0.15, 0.2) is 5.69 Å². The van der Waals surface area contributed by atoms with Gasteiger partial charge in [0.25, 0.3) is 0 Å². The molecule has 0 unspecified atom stereocenters. The maximum Gasteiger partial charge on any atom is 0.419 e. The van der Waals surface area contributed by atoms with E-state index in [0.717, 1.165) is 10.5 Å². The Morgan fingerprint density at radius 1 is 1.47 bits per heavy atom. The fourth-order valence-corrected chi connectivity index (χ4v) is 1.85. The molecule has 7 heteroatoms. The number of carbonyl (C=O) groups is 1. The number of nitrogens with zero attached hydrogens (tertiary/aromatic N) is 2. The average molecular weight is 272 g/mol. The lowest BCUT2D eigenvalue weighted by atomic mass is 10.2. The van der Waals surface area contributed by atoms with Gasteiger partial charge in [-0.2, -0.15) is 13.2 Å². The number of hydrogen-bond acceptors (Lipinski definition) is 3. The van der Waals surface area contributed by atoms with E-state index in [2.05, 4.69) is 4.98 Å². The normalized spacial score (nSPS) is 11.8. The van der Waals surface area contributed by atoms with Gasteiger partial charge in [-0.15, -0.1) is 0 Å². The first-order valence-electron chi connectivity index (χ1n) is 5.58. The molecule has 0 amide bonds. The summed E-state index contributed by atoms with van der Waals surface area (Å²) < 4.78 is 44.4. The van der Waals surface area contributed by atoms with Crippen LogP contribution in [0.25, 0.3) is 5.65 Å². The Labute approximate surface area is 106 Å². The molecule has 0 aromatic carbocycles. The van der Waals surface area contributed by atoms with E-state index in [0.29, 0.717) is 0 Å². The summed E-state index contributed by atoms with van der Waals surface area (Å²) in [7, 11) is 0. The van der Waals surface area contributed by atoms with Gasteiger partial charge >= 0.3 is 12.1 Å². The van der Waals surface area contributed by atoms with Crippen LogP contribution in [0.5, 0.6) is 0 Å². The number of alkyl halides is 3. The van der Waals surface area contributed by atoms with Gasteiger partial charge in [-0.25, -0.2) is 9.78 Å². The van der Waals surface area contributed by atoms with Crippen LogP contribution >= 0.6 is 0 Å². The van der Waals surface area contributed by atoms with Crippen LogP contribution in [0.2, 0.25) is 0 Å². The van der Waals surface area contributed by atoms with E-state index < -0.39 is 17.7 Å². The molecule has 102 valence electrons. The van der Waals surface area contributed by atoms with Gasteiger partial charge in [0.05, 0.1) is 17.9 Å². The van der Waals surface area contributed by atoms with Crippen molar-refractivity contribution < 1.29 is 22.7 Å². The van der Waals surface area contributed by atoms with E-state index in [4.69, 9.17) is 4.74 Å². The van der Waals surface area contributed by atoms with Crippen LogP contribution in [0.4, 0.5) is 13.2 Å². The highest BCUT2D eigenvalue weighted by Crippen LogP contribution is 2.32. The zero-order chi connectivity index (χ0) is 14.2. The van der Waals surface area contributed by atoms with E-state index in [1.54, 1.807) is 6.92 Å². The summed E-state index contributed by atoms with van der Waals surface area (Å²) in [6.45, 7) is 3.24. The number of pyridine rings is 1. The quantitative estimate of drug-likeness (QED) is 0.789. The summed E-state index contributed by atoms with van der Waals surface area (Å²) in [5.74, 6) is -0.688. The molecule has 0 radical (unpaired) electrons. The highest BCUT2D eigenvalue weighted by molar-refractivity contribution is 5.90. The second-order valence-corrected chi connectivity index (χ2v) is 3.88. The lowest BCUT2D eigenvalue weighted by Gasteiger charge is -2.08. The molecule has 0 N–H and O–H groups in total. The lowest BCUT2D eigenvalue weighted by Crippen LogP contribution is -2.11. The number of esters is 1. The summed E-state index contributed by atoms with van der Waals surface area (Å²) in [4.78, 5) is 15.6. The van der Waals surface area contributed by atoms with Crippen molar-refractivity contribution in [2.24, 2.45) is 0 Å². The highest BCUT2D eigenvalue weighted by atomic mass is 19.4. The number of hydrogen-bond donors (Lipinski definition) is 0. The van der Waals surface area contributed by atoms with Gasteiger partial charge < -0.3 is 4.74 Å². The first-order valence-corrected chi connectivity index (χ1v) is 5.58. The fourth-order valence-electron chi connectivity index (χ4n) is 1.85. The number of rotatable bonds is 2. The molecule has 2 aromatic rings. The van der Waals surface area contributed by atoms with Gasteiger partial charge in [0, 0.05) is 6.20 Å². The predicted octanol–water partition coefficient (Wildman–Crippen LogP) is 2.84. The Bertz CT molecular complexity index is 632. The van der Waals surface area contributed by atoms with E-state index >= 15 is 0 Å². The number of fused-ring (bicyclic) bond motifs is 1. The van der Waals surface area contributed by atoms with Crippen molar-refractivity contribution in [3.63, 3.8) is 0 Å². The minimum absolute atomic E-state index is 0.0166. The van der Waals surface area contributed by atoms with Gasteiger partial charge in [0.1, 0.15) is 5.65 Å². The van der Waals surface area contributed by atoms with Crippen molar-refractivity contribution in [2.45, 2.75) is 20.0 Å². The number of halogens is 3. The fraction of sp³-hybridized carbons (Fsp3) is 0.333. The van der Waals surface area contributed by atoms with Crippen molar-refractivity contribution in [1.82, 2.24) is 9.38 Å². The smallest absolute Gasteiger partial charge is 0.419 e. The molecular weight excluding hydrogens is 261 g/mol. The third kappa shape index (κ3) is 2.27. The molecule has 0 atom stereocenters. The third-order valence-electron chi connectivity index (χ3n) is 2.60. The van der Waals surface area contributed by atoms with Gasteiger partial charge in [0.2, 0.25) is 0 Å². The first-order chi connectivity index (χ1) is 8.86. The maximum absolute atomic E-state index is 12.8. The van der Waals surface area contributed by atoms with Crippen LogP contribution in [-0.4, -0.2) is 22.0 Å². The molecule has 0 fully saturated rings. The Morgan fingerprint density at radius 3 is 2.74 bits per heavy atom. The first kappa shape index (κ1) is 13.4. The van der Waals surface area contributed by atoms with Crippen molar-refractivity contribution >= 4 is 11.6 Å². The van der Waals surface area contributed by atoms with Gasteiger partial charge in [-0.1, -0.05) is 0 Å². The van der Waals surface area contributed by atoms with Crippen LogP contribution < -0.4 is 0 Å². The largest absolute Gasteiger partial charge is 0.461 e. The number of carbonyl (C=O) groups excluding carboxylic acids is 1. The molecule has 0 aliphatic carbocycles. The molecule has 0 aliphatic heterocycles. The number of ether oxygens (including phenoxy) is 1. The minimum atomic E-state index is -4.52. The number of aromatic nitrogens is 2. The van der Waals surface area contributed by atoms with E-state index in [9.17, 15) is 18.0 Å². The molecule has 0 saturated carbocycles. The Balaban J connectivity index is 2.69. The molecule has 0 aliphatic rings. The standard InChI is InChI=1S/C12H11F3N2O2/c1-3-19-11(18)9-7(2)16-10-8(12(13,14)15)5-4-6-17(9)10/h4-6H,3H2,1-2H3. The van der Waals surface area contributed by atoms with Crippen LogP contribution in [0, 0.1) is 6.92 Å². The summed E-state index contributed by atoms with van der Waals surface area (Å²) in [6.07, 6.45) is -3.16. The minimum Gasteiger partial charge on any atom is -0.461 e. The summed E-state index contributed by atoms with van der Waals surface area (Å²) in [5.41, 5.74) is -0.956. The van der Waals surface area contributed by atoms with Gasteiger partial charge in [-0.3, -0.25) is 4.40 Å². The third-order valence-corrected chi connectivity index (χ3v) is 2.60. The topological polar surface area (TPSA) is 43.6 Å². The Hall–Kier alpha value is -2.05. The molecule has 2 rings (SSSR count). The average Bonchev–Trinajstić information content (AvgIpc) is 2.63. The van der Waals surface area contributed by atoms with Gasteiger partial charge in [-0.05, 0) is 26.0 Å². The molecular formula is C12H11F3N2O2. The monoisotopic (exact) mass is 272 g/mol. The van der Waals surface area contributed by atoms with Crippen molar-refractivity contribution in [3.8, 4) is 0 Å². The van der Waals surface area contributed by atoms with Crippen LogP contribution in [0.1, 0.15) is 28.7 Å². The zero-order valence-corrected chi connectivity index (χ0v) is 10.3. The molecule has 0 bridgehead atoms. The molecule has 4 nitrogen and oxygen atoms in total. The Kier molecular flexibility index (Phi) is 3.21. The van der Waals surface area contributed by atoms with Crippen molar-refractivity contribution in [1.29, 1.82) is 0 Å². The molecule has 2 aromatic heterocycles. The van der Waals surface area contributed by atoms with Crippen molar-refractivity contribution in [3.05, 3.63) is 35.3 Å². The maximum atomic E-state index is 12.8. The van der Waals surface area contributed by atoms with Crippen LogP contribution in [0.3, 0.4) is 0 Å². The number of imidazole rings is 1. The second-order valence-electron chi connectivity index (χ2n) is 3.88. The lowest BCUT2D eigenvalue weighted by molar-refractivity contribution is -0.136. The van der Waals surface area contributed by atoms with Crippen LogP contribution in [-0.2, 0) is 10.9 Å². The summed E-state index contributed by atoms with van der Waals surface area (Å²) >= 11 is 0. The van der Waals surface area contributed by atoms with E-state index in [-0.39, 0.29) is 23.6 Å². The van der Waals surface area contributed by atoms with Crippen LogP contribution in [0.15, 0.2) is 18.3 Å². The molecule has 0 spiro atoms. The highest BCUT2D eigenvalue weighted by Gasteiger charge is 2.35. The molecule has 19 heavy (non-hydrogen) atoms. The molecule has 0 saturated heterocycles.